The fourth-order valence-electron chi connectivity index (χ4n) is 3.54. The zero-order valence-corrected chi connectivity index (χ0v) is 15.1. The first-order chi connectivity index (χ1) is 13.8. The maximum atomic E-state index is 12.9. The Kier molecular flexibility index (Phi) is 3.76. The van der Waals surface area contributed by atoms with E-state index >= 15 is 0 Å². The van der Waals surface area contributed by atoms with Crippen molar-refractivity contribution in [2.45, 2.75) is 0 Å². The lowest BCUT2D eigenvalue weighted by molar-refractivity contribution is 0.415. The van der Waals surface area contributed by atoms with Gasteiger partial charge in [-0.15, -0.1) is 0 Å². The summed E-state index contributed by atoms with van der Waals surface area (Å²) in [5.74, 6) is 1.39. The summed E-state index contributed by atoms with van der Waals surface area (Å²) < 4.78 is 17.2. The van der Waals surface area contributed by atoms with Crippen molar-refractivity contribution in [3.8, 4) is 28.2 Å². The van der Waals surface area contributed by atoms with Crippen molar-refractivity contribution in [3.05, 3.63) is 89.3 Å². The van der Waals surface area contributed by atoms with Crippen molar-refractivity contribution in [2.24, 2.45) is 0 Å². The first-order valence-corrected chi connectivity index (χ1v) is 8.94. The molecule has 5 aromatic rings. The Morgan fingerprint density at radius 2 is 1.46 bits per heavy atom. The smallest absolute Gasteiger partial charge is 0.348 e. The van der Waals surface area contributed by atoms with Crippen LogP contribution in [0, 0.1) is 0 Å². The van der Waals surface area contributed by atoms with Gasteiger partial charge in [0.25, 0.3) is 0 Å². The molecule has 0 bridgehead atoms. The van der Waals surface area contributed by atoms with Crippen LogP contribution in [0.25, 0.3) is 44.4 Å². The molecule has 0 atom stereocenters. The van der Waals surface area contributed by atoms with E-state index in [0.717, 1.165) is 27.8 Å². The van der Waals surface area contributed by atoms with Gasteiger partial charge in [-0.1, -0.05) is 54.6 Å². The maximum Gasteiger partial charge on any atom is 0.348 e. The van der Waals surface area contributed by atoms with E-state index < -0.39 is 5.63 Å². The summed E-state index contributed by atoms with van der Waals surface area (Å²) in [5.41, 5.74) is 3.12. The summed E-state index contributed by atoms with van der Waals surface area (Å²) in [6.07, 6.45) is 0. The van der Waals surface area contributed by atoms with E-state index in [0.29, 0.717) is 22.3 Å². The van der Waals surface area contributed by atoms with Gasteiger partial charge in [-0.3, -0.25) is 0 Å². The van der Waals surface area contributed by atoms with Gasteiger partial charge in [0.2, 0.25) is 0 Å². The minimum absolute atomic E-state index is 0.412. The van der Waals surface area contributed by atoms with E-state index in [4.69, 9.17) is 13.6 Å². The highest BCUT2D eigenvalue weighted by Gasteiger charge is 2.23. The van der Waals surface area contributed by atoms with Crippen LogP contribution in [0.1, 0.15) is 0 Å². The second-order valence-corrected chi connectivity index (χ2v) is 6.49. The van der Waals surface area contributed by atoms with E-state index in [1.807, 2.05) is 72.8 Å². The lowest BCUT2D eigenvalue weighted by atomic mass is 9.99. The molecular formula is C24H16O4. The quantitative estimate of drug-likeness (QED) is 0.373. The Morgan fingerprint density at radius 1 is 0.750 bits per heavy atom. The van der Waals surface area contributed by atoms with Crippen LogP contribution in [0.15, 0.2) is 92.5 Å². The van der Waals surface area contributed by atoms with Gasteiger partial charge >= 0.3 is 5.63 Å². The first kappa shape index (κ1) is 16.4. The topological polar surface area (TPSA) is 52.6 Å². The van der Waals surface area contributed by atoms with Crippen molar-refractivity contribution >= 4 is 21.9 Å². The number of hydrogen-bond acceptors (Lipinski definition) is 4. The second-order valence-electron chi connectivity index (χ2n) is 6.49. The molecule has 0 saturated carbocycles. The minimum Gasteiger partial charge on any atom is -0.497 e. The Labute approximate surface area is 160 Å². The molecule has 0 radical (unpaired) electrons. The Bertz CT molecular complexity index is 1340. The fraction of sp³-hybridized carbons (Fsp3) is 0.0417. The van der Waals surface area contributed by atoms with Crippen molar-refractivity contribution in [1.82, 2.24) is 0 Å². The highest BCUT2D eigenvalue weighted by Crippen LogP contribution is 2.41. The Hall–Kier alpha value is -3.79. The van der Waals surface area contributed by atoms with Crippen molar-refractivity contribution in [1.29, 1.82) is 0 Å². The molecule has 0 spiro atoms. The zero-order chi connectivity index (χ0) is 19.1. The number of rotatable bonds is 3. The normalized spacial score (nSPS) is 11.2. The molecule has 0 fully saturated rings. The van der Waals surface area contributed by atoms with E-state index in [1.54, 1.807) is 13.2 Å². The Balaban J connectivity index is 1.92. The van der Waals surface area contributed by atoms with Crippen LogP contribution in [-0.4, -0.2) is 7.11 Å². The lowest BCUT2D eigenvalue weighted by Crippen LogP contribution is -1.99. The number of ether oxygens (including phenoxy) is 1. The van der Waals surface area contributed by atoms with Crippen LogP contribution in [0.3, 0.4) is 0 Å². The molecule has 0 aliphatic carbocycles. The molecule has 4 nitrogen and oxygen atoms in total. The highest BCUT2D eigenvalue weighted by molar-refractivity contribution is 6.10. The average Bonchev–Trinajstić information content (AvgIpc) is 3.16. The molecule has 28 heavy (non-hydrogen) atoms. The number of benzene rings is 3. The van der Waals surface area contributed by atoms with Crippen LogP contribution in [-0.2, 0) is 0 Å². The summed E-state index contributed by atoms with van der Waals surface area (Å²) in [7, 11) is 1.62. The van der Waals surface area contributed by atoms with E-state index in [1.165, 1.54) is 0 Å². The number of furan rings is 1. The predicted molar refractivity (Wildman–Crippen MR) is 110 cm³/mol. The van der Waals surface area contributed by atoms with Crippen LogP contribution in [0.5, 0.6) is 5.75 Å². The molecule has 3 aromatic carbocycles. The largest absolute Gasteiger partial charge is 0.497 e. The van der Waals surface area contributed by atoms with Gasteiger partial charge in [0.05, 0.1) is 12.5 Å². The Morgan fingerprint density at radius 3 is 2.21 bits per heavy atom. The van der Waals surface area contributed by atoms with Crippen LogP contribution < -0.4 is 10.4 Å². The van der Waals surface area contributed by atoms with E-state index in [9.17, 15) is 4.79 Å². The van der Waals surface area contributed by atoms with Crippen molar-refractivity contribution in [2.75, 3.05) is 7.11 Å². The van der Waals surface area contributed by atoms with E-state index in [2.05, 4.69) is 0 Å². The number of methoxy groups -OCH3 is 1. The molecule has 0 aliphatic heterocycles. The molecule has 0 unspecified atom stereocenters. The number of para-hydroxylation sites is 1. The van der Waals surface area contributed by atoms with Gasteiger partial charge in [-0.25, -0.2) is 4.79 Å². The van der Waals surface area contributed by atoms with Crippen LogP contribution in [0.4, 0.5) is 0 Å². The molecule has 136 valence electrons. The van der Waals surface area contributed by atoms with Gasteiger partial charge < -0.3 is 13.6 Å². The third kappa shape index (κ3) is 2.50. The average molecular weight is 368 g/mol. The van der Waals surface area contributed by atoms with Gasteiger partial charge in [0, 0.05) is 11.1 Å². The molecule has 5 rings (SSSR count). The van der Waals surface area contributed by atoms with Crippen molar-refractivity contribution < 1.29 is 13.6 Å². The third-order valence-electron chi connectivity index (χ3n) is 4.86. The minimum atomic E-state index is -0.412. The van der Waals surface area contributed by atoms with Gasteiger partial charge in [0.1, 0.15) is 22.5 Å². The zero-order valence-electron chi connectivity index (χ0n) is 15.1. The fourth-order valence-corrected chi connectivity index (χ4v) is 3.54. The number of fused-ring (bicyclic) bond motifs is 3. The third-order valence-corrected chi connectivity index (χ3v) is 4.86. The van der Waals surface area contributed by atoms with Crippen LogP contribution >= 0.6 is 0 Å². The summed E-state index contributed by atoms with van der Waals surface area (Å²) in [6, 6.07) is 24.8. The molecule has 4 heteroatoms. The molecular weight excluding hydrogens is 352 g/mol. The SMILES string of the molecule is COc1ccc(-c2c(-c3ccccc3)oc3c2c(=O)oc2ccccc23)cc1. The molecule has 0 amide bonds. The second kappa shape index (κ2) is 6.43. The lowest BCUT2D eigenvalue weighted by Gasteiger charge is -2.05. The van der Waals surface area contributed by atoms with Gasteiger partial charge in [-0.05, 0) is 29.8 Å². The summed E-state index contributed by atoms with van der Waals surface area (Å²) in [5, 5.41) is 1.22. The van der Waals surface area contributed by atoms with Crippen LogP contribution in [0.2, 0.25) is 0 Å². The van der Waals surface area contributed by atoms with Crippen molar-refractivity contribution in [3.63, 3.8) is 0 Å². The summed E-state index contributed by atoms with van der Waals surface area (Å²) in [4.78, 5) is 12.9. The highest BCUT2D eigenvalue weighted by atomic mass is 16.5. The predicted octanol–water partition coefficient (Wildman–Crippen LogP) is 5.88. The standard InChI is InChI=1S/C24H16O4/c1-26-17-13-11-15(12-14-17)20-21-23(28-22(20)16-7-3-2-4-8-16)18-9-5-6-10-19(18)27-24(21)25/h2-14H,1H3. The summed E-state index contributed by atoms with van der Waals surface area (Å²) >= 11 is 0. The molecule has 2 aromatic heterocycles. The molecule has 2 heterocycles. The molecule has 0 N–H and O–H groups in total. The van der Waals surface area contributed by atoms with E-state index in [-0.39, 0.29) is 0 Å². The first-order valence-electron chi connectivity index (χ1n) is 8.94. The molecule has 0 aliphatic rings. The monoisotopic (exact) mass is 368 g/mol. The number of hydrogen-bond donors (Lipinski definition) is 0. The van der Waals surface area contributed by atoms with Gasteiger partial charge in [0.15, 0.2) is 5.58 Å². The van der Waals surface area contributed by atoms with Gasteiger partial charge in [-0.2, -0.15) is 0 Å². The molecule has 0 saturated heterocycles. The maximum absolute atomic E-state index is 12.9. The summed E-state index contributed by atoms with van der Waals surface area (Å²) in [6.45, 7) is 0.